The fourth-order valence-electron chi connectivity index (χ4n) is 1.19. The minimum Gasteiger partial charge on any atom is -0.506 e. The summed E-state index contributed by atoms with van der Waals surface area (Å²) < 4.78 is 0.964. The smallest absolute Gasteiger partial charge is 0.135 e. The molecule has 1 nitrogen and oxygen atoms in total. The molecule has 1 N–H and O–H groups in total. The lowest BCUT2D eigenvalue weighted by Crippen LogP contribution is -1.70. The van der Waals surface area contributed by atoms with E-state index in [9.17, 15) is 5.11 Å². The molecule has 0 bridgehead atoms. The molecule has 0 saturated carbocycles. The third-order valence-corrected chi connectivity index (χ3v) is 4.28. The van der Waals surface area contributed by atoms with Gasteiger partial charge in [-0.2, -0.15) is 0 Å². The number of rotatable bonds is 1. The van der Waals surface area contributed by atoms with Gasteiger partial charge in [0.15, 0.2) is 0 Å². The average molecular weight is 231 g/mol. The number of fused-ring (bicyclic) bond motifs is 1. The molecule has 0 atom stereocenters. The summed E-state index contributed by atoms with van der Waals surface area (Å²) >= 11 is 9.20. The molecule has 0 radical (unpaired) electrons. The van der Waals surface area contributed by atoms with E-state index in [-0.39, 0.29) is 5.75 Å². The maximum Gasteiger partial charge on any atom is 0.135 e. The van der Waals surface area contributed by atoms with Gasteiger partial charge in [0.1, 0.15) is 10.8 Å². The number of thiophene rings is 1. The highest BCUT2D eigenvalue weighted by atomic mass is 35.5. The number of phenolic OH excluding ortho intramolecular Hbond substituents is 1. The van der Waals surface area contributed by atoms with E-state index in [0.717, 1.165) is 10.1 Å². The summed E-state index contributed by atoms with van der Waals surface area (Å²) in [5.41, 5.74) is 0. The quantitative estimate of drug-likeness (QED) is 0.748. The first kappa shape index (κ1) is 9.19. The molecular formula is C9H7ClOS2. The van der Waals surface area contributed by atoms with Gasteiger partial charge < -0.3 is 5.11 Å². The molecule has 2 aromatic rings. The predicted molar refractivity (Wildman–Crippen MR) is 60.3 cm³/mol. The van der Waals surface area contributed by atoms with E-state index in [2.05, 4.69) is 5.38 Å². The van der Waals surface area contributed by atoms with Crippen molar-refractivity contribution in [2.75, 3.05) is 6.26 Å². The van der Waals surface area contributed by atoms with Crippen LogP contribution in [0.4, 0.5) is 0 Å². The summed E-state index contributed by atoms with van der Waals surface area (Å²) in [6.45, 7) is 0. The Morgan fingerprint density at radius 2 is 2.23 bits per heavy atom. The van der Waals surface area contributed by atoms with E-state index < -0.39 is 0 Å². The summed E-state index contributed by atoms with van der Waals surface area (Å²) in [6, 6.07) is 3.54. The molecule has 0 aliphatic heterocycles. The SMILES string of the molecule is CSc1csc2c(Cl)c(O)ccc12. The monoisotopic (exact) mass is 230 g/mol. The Kier molecular flexibility index (Phi) is 2.41. The van der Waals surface area contributed by atoms with Crippen molar-refractivity contribution >= 4 is 44.8 Å². The highest BCUT2D eigenvalue weighted by molar-refractivity contribution is 7.99. The van der Waals surface area contributed by atoms with Gasteiger partial charge in [0.2, 0.25) is 0 Å². The Labute approximate surface area is 89.3 Å². The summed E-state index contributed by atoms with van der Waals surface area (Å²) in [7, 11) is 0. The molecule has 4 heteroatoms. The molecule has 1 aromatic carbocycles. The molecule has 1 aromatic heterocycles. The summed E-state index contributed by atoms with van der Waals surface area (Å²) in [4.78, 5) is 1.21. The van der Waals surface area contributed by atoms with E-state index in [0.29, 0.717) is 5.02 Å². The summed E-state index contributed by atoms with van der Waals surface area (Å²) in [6.07, 6.45) is 2.03. The molecule has 1 heterocycles. The maximum absolute atomic E-state index is 9.37. The van der Waals surface area contributed by atoms with Gasteiger partial charge in [0.05, 0.1) is 4.70 Å². The molecule has 0 saturated heterocycles. The second-order valence-electron chi connectivity index (χ2n) is 2.58. The Balaban J connectivity index is 2.81. The predicted octanol–water partition coefficient (Wildman–Crippen LogP) is 3.98. The molecule has 0 amide bonds. The van der Waals surface area contributed by atoms with Crippen molar-refractivity contribution < 1.29 is 5.11 Å². The molecule has 0 aliphatic rings. The normalized spacial score (nSPS) is 10.9. The average Bonchev–Trinajstić information content (AvgIpc) is 2.55. The van der Waals surface area contributed by atoms with E-state index in [1.54, 1.807) is 29.2 Å². The van der Waals surface area contributed by atoms with Gasteiger partial charge in [0.25, 0.3) is 0 Å². The van der Waals surface area contributed by atoms with Gasteiger partial charge in [-0.1, -0.05) is 11.6 Å². The molecule has 68 valence electrons. The van der Waals surface area contributed by atoms with Crippen LogP contribution < -0.4 is 0 Å². The van der Waals surface area contributed by atoms with Crippen LogP contribution in [0.2, 0.25) is 5.02 Å². The van der Waals surface area contributed by atoms with Crippen LogP contribution in [0.3, 0.4) is 0 Å². The maximum atomic E-state index is 9.37. The van der Waals surface area contributed by atoms with Crippen LogP contribution in [0.25, 0.3) is 10.1 Å². The van der Waals surface area contributed by atoms with E-state index >= 15 is 0 Å². The Bertz CT molecular complexity index is 450. The van der Waals surface area contributed by atoms with Gasteiger partial charge in [-0.3, -0.25) is 0 Å². The Morgan fingerprint density at radius 1 is 1.46 bits per heavy atom. The second kappa shape index (κ2) is 3.40. The highest BCUT2D eigenvalue weighted by Gasteiger charge is 2.09. The van der Waals surface area contributed by atoms with Gasteiger partial charge in [-0.05, 0) is 18.4 Å². The van der Waals surface area contributed by atoms with Crippen molar-refractivity contribution in [3.63, 3.8) is 0 Å². The first-order valence-electron chi connectivity index (χ1n) is 3.66. The van der Waals surface area contributed by atoms with Crippen LogP contribution in [-0.2, 0) is 0 Å². The largest absolute Gasteiger partial charge is 0.506 e. The van der Waals surface area contributed by atoms with Crippen LogP contribution in [0.15, 0.2) is 22.4 Å². The third-order valence-electron chi connectivity index (χ3n) is 1.85. The van der Waals surface area contributed by atoms with E-state index in [1.165, 1.54) is 4.90 Å². The van der Waals surface area contributed by atoms with Crippen molar-refractivity contribution in [3.8, 4) is 5.75 Å². The van der Waals surface area contributed by atoms with Crippen molar-refractivity contribution in [1.29, 1.82) is 0 Å². The van der Waals surface area contributed by atoms with Gasteiger partial charge >= 0.3 is 0 Å². The molecule has 0 spiro atoms. The van der Waals surface area contributed by atoms with Crippen molar-refractivity contribution in [2.24, 2.45) is 0 Å². The molecule has 2 rings (SSSR count). The van der Waals surface area contributed by atoms with Crippen LogP contribution in [0.1, 0.15) is 0 Å². The number of thioether (sulfide) groups is 1. The van der Waals surface area contributed by atoms with Crippen LogP contribution in [0, 0.1) is 0 Å². The lowest BCUT2D eigenvalue weighted by Gasteiger charge is -1.98. The number of phenols is 1. The lowest BCUT2D eigenvalue weighted by atomic mass is 10.2. The van der Waals surface area contributed by atoms with Crippen LogP contribution in [-0.4, -0.2) is 11.4 Å². The Hall–Kier alpha value is -0.380. The van der Waals surface area contributed by atoms with E-state index in [1.807, 2.05) is 12.3 Å². The zero-order valence-electron chi connectivity index (χ0n) is 6.87. The number of hydrogen-bond donors (Lipinski definition) is 1. The van der Waals surface area contributed by atoms with Crippen LogP contribution >= 0.6 is 34.7 Å². The number of hydrogen-bond acceptors (Lipinski definition) is 3. The molecule has 0 aliphatic carbocycles. The van der Waals surface area contributed by atoms with Gasteiger partial charge in [-0.15, -0.1) is 23.1 Å². The zero-order chi connectivity index (χ0) is 9.42. The fraction of sp³-hybridized carbons (Fsp3) is 0.111. The first-order chi connectivity index (χ1) is 6.24. The van der Waals surface area contributed by atoms with Gasteiger partial charge in [-0.25, -0.2) is 0 Å². The second-order valence-corrected chi connectivity index (χ2v) is 4.69. The summed E-state index contributed by atoms with van der Waals surface area (Å²) in [5, 5.41) is 13.0. The van der Waals surface area contributed by atoms with E-state index in [4.69, 9.17) is 11.6 Å². The number of benzene rings is 1. The fourth-order valence-corrected chi connectivity index (χ4v) is 3.34. The van der Waals surface area contributed by atoms with Crippen molar-refractivity contribution in [2.45, 2.75) is 4.90 Å². The van der Waals surface area contributed by atoms with Gasteiger partial charge in [0, 0.05) is 15.7 Å². The minimum absolute atomic E-state index is 0.156. The highest BCUT2D eigenvalue weighted by Crippen LogP contribution is 2.40. The minimum atomic E-state index is 0.156. The molecule has 0 fully saturated rings. The first-order valence-corrected chi connectivity index (χ1v) is 6.15. The van der Waals surface area contributed by atoms with Crippen molar-refractivity contribution in [3.05, 3.63) is 22.5 Å². The third kappa shape index (κ3) is 1.41. The lowest BCUT2D eigenvalue weighted by molar-refractivity contribution is 0.476. The zero-order valence-corrected chi connectivity index (χ0v) is 9.26. The number of halogens is 1. The van der Waals surface area contributed by atoms with Crippen molar-refractivity contribution in [1.82, 2.24) is 0 Å². The summed E-state index contributed by atoms with van der Waals surface area (Å²) in [5.74, 6) is 0.156. The number of aromatic hydroxyl groups is 1. The molecule has 0 unspecified atom stereocenters. The Morgan fingerprint density at radius 3 is 2.92 bits per heavy atom. The topological polar surface area (TPSA) is 20.2 Å². The standard InChI is InChI=1S/C9H7ClOS2/c1-12-7-4-13-9-5(7)2-3-6(11)8(9)10/h2-4,11H,1H3. The van der Waals surface area contributed by atoms with Crippen LogP contribution in [0.5, 0.6) is 5.75 Å². The molecule has 13 heavy (non-hydrogen) atoms. The molecular weight excluding hydrogens is 224 g/mol.